The van der Waals surface area contributed by atoms with E-state index in [1.165, 1.54) is 18.4 Å². The molecule has 1 aromatic carbocycles. The highest BCUT2D eigenvalue weighted by molar-refractivity contribution is 5.81. The summed E-state index contributed by atoms with van der Waals surface area (Å²) in [5.74, 6) is 0.120. The van der Waals surface area contributed by atoms with Gasteiger partial charge in [-0.3, -0.25) is 10.1 Å². The summed E-state index contributed by atoms with van der Waals surface area (Å²) in [6, 6.07) is 10.6. The molecule has 19 heavy (non-hydrogen) atoms. The van der Waals surface area contributed by atoms with Crippen LogP contribution in [0.15, 0.2) is 30.3 Å². The molecule has 1 aliphatic rings. The van der Waals surface area contributed by atoms with Gasteiger partial charge < -0.3 is 5.32 Å². The SMILES string of the molecule is CC(N[C@@H](C)c1ccccc1)C(=O)NC1CCCC1. The van der Waals surface area contributed by atoms with Crippen LogP contribution in [0, 0.1) is 0 Å². The fourth-order valence-corrected chi connectivity index (χ4v) is 2.68. The molecule has 1 unspecified atom stereocenters. The smallest absolute Gasteiger partial charge is 0.237 e. The number of nitrogens with one attached hydrogen (secondary N) is 2. The summed E-state index contributed by atoms with van der Waals surface area (Å²) in [5.41, 5.74) is 1.21. The van der Waals surface area contributed by atoms with Crippen molar-refractivity contribution in [2.45, 2.75) is 57.7 Å². The van der Waals surface area contributed by atoms with Gasteiger partial charge in [0.1, 0.15) is 0 Å². The Morgan fingerprint density at radius 1 is 1.16 bits per heavy atom. The topological polar surface area (TPSA) is 41.1 Å². The molecule has 1 aliphatic carbocycles. The van der Waals surface area contributed by atoms with Gasteiger partial charge in [-0.2, -0.15) is 0 Å². The van der Waals surface area contributed by atoms with Crippen molar-refractivity contribution in [3.63, 3.8) is 0 Å². The Morgan fingerprint density at radius 3 is 2.42 bits per heavy atom. The predicted octanol–water partition coefficient (Wildman–Crippen LogP) is 2.78. The molecule has 0 aliphatic heterocycles. The van der Waals surface area contributed by atoms with E-state index in [1.54, 1.807) is 0 Å². The Morgan fingerprint density at radius 2 is 1.79 bits per heavy atom. The third kappa shape index (κ3) is 4.06. The summed E-state index contributed by atoms with van der Waals surface area (Å²) in [6.07, 6.45) is 4.75. The lowest BCUT2D eigenvalue weighted by Crippen LogP contribution is -2.46. The maximum absolute atomic E-state index is 12.1. The Kier molecular flexibility index (Phi) is 4.97. The van der Waals surface area contributed by atoms with Crippen LogP contribution in [-0.2, 0) is 4.79 Å². The molecule has 0 spiro atoms. The predicted molar refractivity (Wildman–Crippen MR) is 77.9 cm³/mol. The van der Waals surface area contributed by atoms with E-state index in [4.69, 9.17) is 0 Å². The van der Waals surface area contributed by atoms with Crippen LogP contribution in [0.4, 0.5) is 0 Å². The minimum Gasteiger partial charge on any atom is -0.352 e. The molecule has 1 fully saturated rings. The van der Waals surface area contributed by atoms with Crippen molar-refractivity contribution in [3.8, 4) is 0 Å². The molecule has 0 radical (unpaired) electrons. The Bertz CT molecular complexity index is 398. The molecule has 1 saturated carbocycles. The quantitative estimate of drug-likeness (QED) is 0.854. The highest BCUT2D eigenvalue weighted by Crippen LogP contribution is 2.18. The van der Waals surface area contributed by atoms with Crippen molar-refractivity contribution in [3.05, 3.63) is 35.9 Å². The summed E-state index contributed by atoms with van der Waals surface area (Å²) in [6.45, 7) is 4.03. The lowest BCUT2D eigenvalue weighted by Gasteiger charge is -2.21. The van der Waals surface area contributed by atoms with Gasteiger partial charge in [-0.25, -0.2) is 0 Å². The number of carbonyl (C=O) groups is 1. The molecular weight excluding hydrogens is 236 g/mol. The third-order valence-electron chi connectivity index (χ3n) is 3.89. The number of amides is 1. The summed E-state index contributed by atoms with van der Waals surface area (Å²) in [4.78, 5) is 12.1. The van der Waals surface area contributed by atoms with Gasteiger partial charge in [0.2, 0.25) is 5.91 Å². The van der Waals surface area contributed by atoms with Gasteiger partial charge in [0, 0.05) is 12.1 Å². The number of hydrogen-bond donors (Lipinski definition) is 2. The first-order valence-corrected chi connectivity index (χ1v) is 7.28. The average molecular weight is 260 g/mol. The monoisotopic (exact) mass is 260 g/mol. The molecule has 3 heteroatoms. The minimum absolute atomic E-state index is 0.120. The number of hydrogen-bond acceptors (Lipinski definition) is 2. The van der Waals surface area contributed by atoms with Crippen LogP contribution in [0.3, 0.4) is 0 Å². The van der Waals surface area contributed by atoms with Crippen LogP contribution in [0.1, 0.15) is 51.1 Å². The lowest BCUT2D eigenvalue weighted by molar-refractivity contribution is -0.123. The van der Waals surface area contributed by atoms with Crippen LogP contribution < -0.4 is 10.6 Å². The molecule has 0 aromatic heterocycles. The molecule has 2 N–H and O–H groups in total. The highest BCUT2D eigenvalue weighted by atomic mass is 16.2. The van der Waals surface area contributed by atoms with Crippen LogP contribution in [0.25, 0.3) is 0 Å². The van der Waals surface area contributed by atoms with E-state index in [2.05, 4.69) is 29.7 Å². The molecule has 1 aromatic rings. The highest BCUT2D eigenvalue weighted by Gasteiger charge is 2.21. The minimum atomic E-state index is -0.157. The number of benzene rings is 1. The van der Waals surface area contributed by atoms with Crippen molar-refractivity contribution in [2.24, 2.45) is 0 Å². The van der Waals surface area contributed by atoms with Gasteiger partial charge in [0.15, 0.2) is 0 Å². The van der Waals surface area contributed by atoms with E-state index >= 15 is 0 Å². The first-order chi connectivity index (χ1) is 9.16. The third-order valence-corrected chi connectivity index (χ3v) is 3.89. The zero-order valence-electron chi connectivity index (χ0n) is 11.9. The van der Waals surface area contributed by atoms with E-state index in [9.17, 15) is 4.79 Å². The van der Waals surface area contributed by atoms with Gasteiger partial charge in [-0.1, -0.05) is 43.2 Å². The summed E-state index contributed by atoms with van der Waals surface area (Å²) >= 11 is 0. The molecular formula is C16H24N2O. The van der Waals surface area contributed by atoms with Crippen molar-refractivity contribution in [1.29, 1.82) is 0 Å². The van der Waals surface area contributed by atoms with E-state index in [-0.39, 0.29) is 18.0 Å². The molecule has 0 heterocycles. The van der Waals surface area contributed by atoms with Gasteiger partial charge in [-0.05, 0) is 32.3 Å². The van der Waals surface area contributed by atoms with E-state index < -0.39 is 0 Å². The van der Waals surface area contributed by atoms with Crippen LogP contribution in [0.5, 0.6) is 0 Å². The normalized spacial score (nSPS) is 19.1. The molecule has 0 saturated heterocycles. The standard InChI is InChI=1S/C16H24N2O/c1-12(14-8-4-3-5-9-14)17-13(2)16(19)18-15-10-6-7-11-15/h3-5,8-9,12-13,15,17H,6-7,10-11H2,1-2H3,(H,18,19)/t12-,13?/m0/s1. The molecule has 2 rings (SSSR count). The van der Waals surface area contributed by atoms with E-state index in [0.29, 0.717) is 6.04 Å². The van der Waals surface area contributed by atoms with Crippen molar-refractivity contribution in [2.75, 3.05) is 0 Å². The fourth-order valence-electron chi connectivity index (χ4n) is 2.68. The van der Waals surface area contributed by atoms with Gasteiger partial charge >= 0.3 is 0 Å². The van der Waals surface area contributed by atoms with Gasteiger partial charge in [0.25, 0.3) is 0 Å². The second kappa shape index (κ2) is 6.71. The zero-order valence-corrected chi connectivity index (χ0v) is 11.9. The Labute approximate surface area is 115 Å². The Hall–Kier alpha value is -1.35. The maximum Gasteiger partial charge on any atom is 0.237 e. The fraction of sp³-hybridized carbons (Fsp3) is 0.562. The number of carbonyl (C=O) groups excluding carboxylic acids is 1. The Balaban J connectivity index is 1.82. The van der Waals surface area contributed by atoms with Crippen molar-refractivity contribution < 1.29 is 4.79 Å². The molecule has 1 amide bonds. The van der Waals surface area contributed by atoms with E-state index in [1.807, 2.05) is 25.1 Å². The molecule has 104 valence electrons. The zero-order chi connectivity index (χ0) is 13.7. The van der Waals surface area contributed by atoms with Crippen molar-refractivity contribution in [1.82, 2.24) is 10.6 Å². The number of rotatable bonds is 5. The average Bonchev–Trinajstić information content (AvgIpc) is 2.92. The largest absolute Gasteiger partial charge is 0.352 e. The molecule has 2 atom stereocenters. The summed E-state index contributed by atoms with van der Waals surface area (Å²) in [5, 5.41) is 6.49. The van der Waals surface area contributed by atoms with Gasteiger partial charge in [-0.15, -0.1) is 0 Å². The summed E-state index contributed by atoms with van der Waals surface area (Å²) in [7, 11) is 0. The first-order valence-electron chi connectivity index (χ1n) is 7.28. The van der Waals surface area contributed by atoms with Crippen LogP contribution >= 0.6 is 0 Å². The molecule has 0 bridgehead atoms. The molecule has 3 nitrogen and oxygen atoms in total. The first kappa shape index (κ1) is 14.1. The summed E-state index contributed by atoms with van der Waals surface area (Å²) < 4.78 is 0. The maximum atomic E-state index is 12.1. The lowest BCUT2D eigenvalue weighted by atomic mass is 10.1. The van der Waals surface area contributed by atoms with E-state index in [0.717, 1.165) is 12.8 Å². The van der Waals surface area contributed by atoms with Crippen molar-refractivity contribution >= 4 is 5.91 Å². The second-order valence-corrected chi connectivity index (χ2v) is 5.51. The second-order valence-electron chi connectivity index (χ2n) is 5.51. The van der Waals surface area contributed by atoms with Crippen LogP contribution in [-0.4, -0.2) is 18.0 Å². The van der Waals surface area contributed by atoms with Crippen LogP contribution in [0.2, 0.25) is 0 Å². The van der Waals surface area contributed by atoms with Gasteiger partial charge in [0.05, 0.1) is 6.04 Å².